The number of fused-ring (bicyclic) bond motifs is 4. The number of rotatable bonds is 4. The maximum atomic E-state index is 5.22. The Kier molecular flexibility index (Phi) is 5.80. The van der Waals surface area contributed by atoms with Crippen LogP contribution in [-0.2, 0) is 5.41 Å². The highest BCUT2D eigenvalue weighted by atomic mass is 14.9. The Morgan fingerprint density at radius 2 is 1.19 bits per heavy atom. The largest absolute Gasteiger partial charge is 0.264 e. The van der Waals surface area contributed by atoms with Crippen molar-refractivity contribution in [1.29, 1.82) is 0 Å². The van der Waals surface area contributed by atoms with Crippen molar-refractivity contribution < 1.29 is 0 Å². The first kappa shape index (κ1) is 25.3. The van der Waals surface area contributed by atoms with E-state index in [4.69, 9.17) is 9.97 Å². The van der Waals surface area contributed by atoms with Gasteiger partial charge in [-0.25, -0.2) is 9.97 Å². The summed E-state index contributed by atoms with van der Waals surface area (Å²) in [5, 5.41) is 2.52. The van der Waals surface area contributed by atoms with Gasteiger partial charge in [0.25, 0.3) is 0 Å². The van der Waals surface area contributed by atoms with E-state index in [9.17, 15) is 0 Å². The monoisotopic (exact) mass is 551 g/mol. The quantitative estimate of drug-likeness (QED) is 0.218. The molecule has 0 saturated heterocycles. The van der Waals surface area contributed by atoms with Crippen LogP contribution in [-0.4, -0.2) is 15.0 Å². The van der Waals surface area contributed by atoms with Gasteiger partial charge >= 0.3 is 0 Å². The smallest absolute Gasteiger partial charge is 0.160 e. The average molecular weight is 552 g/mol. The van der Waals surface area contributed by atoms with Crippen molar-refractivity contribution in [1.82, 2.24) is 15.0 Å². The summed E-state index contributed by atoms with van der Waals surface area (Å²) in [6, 6.07) is 45.0. The lowest BCUT2D eigenvalue weighted by atomic mass is 9.81. The Morgan fingerprint density at radius 1 is 0.488 bits per heavy atom. The molecular formula is C40H29N3. The second-order valence-corrected chi connectivity index (χ2v) is 11.7. The standard InChI is InChI=1S/C40H29N3/c1-40(2)34-19-9-18-32(38(34)33-22-28-13-6-7-14-29(28)23-35(33)40)37-24-36(42-39(43-37)26-11-4-3-5-12-26)30-16-8-15-27(21-30)31-17-10-20-41-25-31/h3-25H,1-2H3. The second kappa shape index (κ2) is 9.85. The first-order valence-corrected chi connectivity index (χ1v) is 14.7. The van der Waals surface area contributed by atoms with Gasteiger partial charge in [0, 0.05) is 40.1 Å². The summed E-state index contributed by atoms with van der Waals surface area (Å²) in [7, 11) is 0. The van der Waals surface area contributed by atoms with Gasteiger partial charge in [0.05, 0.1) is 11.4 Å². The maximum Gasteiger partial charge on any atom is 0.160 e. The van der Waals surface area contributed by atoms with Crippen molar-refractivity contribution in [3.05, 3.63) is 151 Å². The summed E-state index contributed by atoms with van der Waals surface area (Å²) in [5.74, 6) is 0.716. The van der Waals surface area contributed by atoms with E-state index >= 15 is 0 Å². The van der Waals surface area contributed by atoms with Gasteiger partial charge in [-0.15, -0.1) is 0 Å². The predicted molar refractivity (Wildman–Crippen MR) is 177 cm³/mol. The highest BCUT2D eigenvalue weighted by Gasteiger charge is 2.37. The number of nitrogens with zero attached hydrogens (tertiary/aromatic N) is 3. The van der Waals surface area contributed by atoms with Crippen LogP contribution in [0.25, 0.3) is 66.9 Å². The summed E-state index contributed by atoms with van der Waals surface area (Å²) in [6.07, 6.45) is 3.70. The molecule has 5 aromatic carbocycles. The summed E-state index contributed by atoms with van der Waals surface area (Å²) in [5.41, 5.74) is 12.3. The summed E-state index contributed by atoms with van der Waals surface area (Å²) in [4.78, 5) is 14.7. The highest BCUT2D eigenvalue weighted by molar-refractivity contribution is 5.98. The summed E-state index contributed by atoms with van der Waals surface area (Å²) < 4.78 is 0. The minimum atomic E-state index is -0.124. The minimum Gasteiger partial charge on any atom is -0.264 e. The molecule has 7 aromatic rings. The van der Waals surface area contributed by atoms with Gasteiger partial charge in [-0.05, 0) is 68.9 Å². The van der Waals surface area contributed by atoms with Crippen LogP contribution in [0.4, 0.5) is 0 Å². The average Bonchev–Trinajstić information content (AvgIpc) is 3.30. The Balaban J connectivity index is 1.36. The van der Waals surface area contributed by atoms with Gasteiger partial charge in [-0.2, -0.15) is 0 Å². The number of hydrogen-bond donors (Lipinski definition) is 0. The fourth-order valence-electron chi connectivity index (χ4n) is 6.53. The van der Waals surface area contributed by atoms with E-state index in [0.29, 0.717) is 5.82 Å². The van der Waals surface area contributed by atoms with Gasteiger partial charge in [-0.3, -0.25) is 4.98 Å². The molecule has 0 amide bonds. The van der Waals surface area contributed by atoms with Gasteiger partial charge in [0.1, 0.15) is 0 Å². The van der Waals surface area contributed by atoms with Crippen molar-refractivity contribution in [2.75, 3.05) is 0 Å². The van der Waals surface area contributed by atoms with Crippen LogP contribution in [0.15, 0.2) is 140 Å². The minimum absolute atomic E-state index is 0.124. The molecule has 0 fully saturated rings. The van der Waals surface area contributed by atoms with Crippen molar-refractivity contribution in [3.63, 3.8) is 0 Å². The second-order valence-electron chi connectivity index (χ2n) is 11.7. The summed E-state index contributed by atoms with van der Waals surface area (Å²) in [6.45, 7) is 4.67. The molecular weight excluding hydrogens is 522 g/mol. The van der Waals surface area contributed by atoms with Crippen molar-refractivity contribution in [2.45, 2.75) is 19.3 Å². The molecule has 1 aliphatic carbocycles. The zero-order valence-corrected chi connectivity index (χ0v) is 24.1. The molecule has 2 heterocycles. The molecule has 0 aliphatic heterocycles. The molecule has 1 aliphatic rings. The van der Waals surface area contributed by atoms with Crippen molar-refractivity contribution >= 4 is 10.8 Å². The molecule has 0 saturated carbocycles. The van der Waals surface area contributed by atoms with E-state index in [2.05, 4.69) is 122 Å². The highest BCUT2D eigenvalue weighted by Crippen LogP contribution is 2.53. The predicted octanol–water partition coefficient (Wildman–Crippen LogP) is 10.00. The molecule has 0 N–H and O–H groups in total. The summed E-state index contributed by atoms with van der Waals surface area (Å²) >= 11 is 0. The van der Waals surface area contributed by atoms with E-state index in [0.717, 1.165) is 39.2 Å². The van der Waals surface area contributed by atoms with E-state index in [-0.39, 0.29) is 5.41 Å². The van der Waals surface area contributed by atoms with E-state index in [1.54, 1.807) is 6.20 Å². The van der Waals surface area contributed by atoms with Crippen LogP contribution in [0.5, 0.6) is 0 Å². The third kappa shape index (κ3) is 4.24. The lowest BCUT2D eigenvalue weighted by Gasteiger charge is -2.22. The van der Waals surface area contributed by atoms with Gasteiger partial charge in [-0.1, -0.05) is 111 Å². The maximum absolute atomic E-state index is 5.22. The molecule has 2 aromatic heterocycles. The third-order valence-corrected chi connectivity index (χ3v) is 8.75. The van der Waals surface area contributed by atoms with Crippen LogP contribution in [0.2, 0.25) is 0 Å². The van der Waals surface area contributed by atoms with Gasteiger partial charge in [0.15, 0.2) is 5.82 Å². The third-order valence-electron chi connectivity index (χ3n) is 8.75. The Bertz CT molecular complexity index is 2150. The number of aromatic nitrogens is 3. The Labute approximate surface area is 251 Å². The molecule has 0 radical (unpaired) electrons. The van der Waals surface area contributed by atoms with Crippen LogP contribution in [0.1, 0.15) is 25.0 Å². The Hall–Kier alpha value is -5.41. The molecule has 0 atom stereocenters. The van der Waals surface area contributed by atoms with Gasteiger partial charge in [0.2, 0.25) is 0 Å². The van der Waals surface area contributed by atoms with Crippen LogP contribution in [0.3, 0.4) is 0 Å². The molecule has 0 bridgehead atoms. The van der Waals surface area contributed by atoms with Crippen LogP contribution < -0.4 is 0 Å². The fraction of sp³-hybridized carbons (Fsp3) is 0.0750. The lowest BCUT2D eigenvalue weighted by molar-refractivity contribution is 0.661. The molecule has 204 valence electrons. The van der Waals surface area contributed by atoms with Crippen molar-refractivity contribution in [3.8, 4) is 56.2 Å². The van der Waals surface area contributed by atoms with E-state index in [1.165, 1.54) is 33.0 Å². The number of pyridine rings is 1. The zero-order valence-electron chi connectivity index (χ0n) is 24.1. The SMILES string of the molecule is CC1(C)c2cc3ccccc3cc2-c2c(-c3cc(-c4cccc(-c5cccnc5)c4)nc(-c4ccccc4)n3)cccc21. The number of benzene rings is 5. The molecule has 3 nitrogen and oxygen atoms in total. The lowest BCUT2D eigenvalue weighted by Crippen LogP contribution is -2.14. The first-order chi connectivity index (χ1) is 21.1. The van der Waals surface area contributed by atoms with Crippen LogP contribution in [0, 0.1) is 0 Å². The normalized spacial score (nSPS) is 13.1. The molecule has 43 heavy (non-hydrogen) atoms. The Morgan fingerprint density at radius 3 is 2.00 bits per heavy atom. The molecule has 3 heteroatoms. The van der Waals surface area contributed by atoms with Crippen molar-refractivity contribution in [2.24, 2.45) is 0 Å². The molecule has 0 spiro atoms. The first-order valence-electron chi connectivity index (χ1n) is 14.7. The number of hydrogen-bond acceptors (Lipinski definition) is 3. The molecule has 0 unspecified atom stereocenters. The van der Waals surface area contributed by atoms with Gasteiger partial charge < -0.3 is 0 Å². The zero-order chi connectivity index (χ0) is 29.0. The van der Waals surface area contributed by atoms with Crippen LogP contribution >= 0.6 is 0 Å². The topological polar surface area (TPSA) is 38.7 Å². The molecule has 8 rings (SSSR count). The fourth-order valence-corrected chi connectivity index (χ4v) is 6.53. The van der Waals surface area contributed by atoms with E-state index in [1.807, 2.05) is 30.5 Å². The van der Waals surface area contributed by atoms with E-state index < -0.39 is 0 Å².